The van der Waals surface area contributed by atoms with E-state index in [1.54, 1.807) is 0 Å². The van der Waals surface area contributed by atoms with Crippen LogP contribution in [-0.2, 0) is 28.4 Å². The first-order chi connectivity index (χ1) is 19.9. The lowest BCUT2D eigenvalue weighted by Crippen LogP contribution is -2.50. The van der Waals surface area contributed by atoms with Crippen LogP contribution in [0.5, 0.6) is 5.75 Å². The molecule has 1 aromatic carbocycles. The van der Waals surface area contributed by atoms with Gasteiger partial charge in [-0.3, -0.25) is 4.79 Å². The van der Waals surface area contributed by atoms with Gasteiger partial charge < -0.3 is 14.6 Å². The lowest BCUT2D eigenvalue weighted by Gasteiger charge is -2.33. The molecule has 0 radical (unpaired) electrons. The molecule has 0 bridgehead atoms. The van der Waals surface area contributed by atoms with Crippen LogP contribution < -0.4 is 14.8 Å². The van der Waals surface area contributed by atoms with Gasteiger partial charge in [-0.05, 0) is 101 Å². The van der Waals surface area contributed by atoms with E-state index >= 15 is 0 Å². The Labute approximate surface area is 255 Å². The summed E-state index contributed by atoms with van der Waals surface area (Å²) in [7, 11) is -1.05. The minimum atomic E-state index is -1.05. The van der Waals surface area contributed by atoms with Crippen molar-refractivity contribution in [2.45, 2.75) is 134 Å². The van der Waals surface area contributed by atoms with E-state index in [2.05, 4.69) is 60.5 Å². The molecule has 1 amide bonds. The van der Waals surface area contributed by atoms with Gasteiger partial charge in [-0.2, -0.15) is 0 Å². The molecule has 3 fully saturated rings. The Morgan fingerprint density at radius 1 is 1.02 bits per heavy atom. The summed E-state index contributed by atoms with van der Waals surface area (Å²) >= 11 is 0. The van der Waals surface area contributed by atoms with Gasteiger partial charge in [0, 0.05) is 51.8 Å². The molecule has 6 rings (SSSR count). The number of rotatable bonds is 9. The molecule has 2 N–H and O–H groups in total. The van der Waals surface area contributed by atoms with E-state index < -0.39 is 16.5 Å². The van der Waals surface area contributed by atoms with Crippen molar-refractivity contribution in [1.29, 1.82) is 0 Å². The number of hydrogen-bond donors (Lipinski definition) is 2. The first-order valence-electron chi connectivity index (χ1n) is 16.4. The van der Waals surface area contributed by atoms with Gasteiger partial charge in [0.2, 0.25) is 0 Å². The van der Waals surface area contributed by atoms with Gasteiger partial charge in [0.1, 0.15) is 5.75 Å². The summed E-state index contributed by atoms with van der Waals surface area (Å²) in [4.78, 5) is 13.8. The van der Waals surface area contributed by atoms with Crippen molar-refractivity contribution in [2.75, 3.05) is 13.2 Å². The molecule has 1 spiro atoms. The number of aromatic nitrogens is 1. The quantitative estimate of drug-likeness (QED) is 0.326. The van der Waals surface area contributed by atoms with Crippen LogP contribution in [-0.4, -0.2) is 38.6 Å². The van der Waals surface area contributed by atoms with E-state index in [1.165, 1.54) is 61.6 Å². The van der Waals surface area contributed by atoms with Gasteiger partial charge >= 0.3 is 0 Å². The highest BCUT2D eigenvalue weighted by Gasteiger charge is 2.49. The minimum absolute atomic E-state index is 0.0529. The monoisotopic (exact) mass is 593 g/mol. The van der Waals surface area contributed by atoms with Gasteiger partial charge in [0.05, 0.1) is 23.2 Å². The molecule has 1 aromatic heterocycles. The van der Waals surface area contributed by atoms with E-state index in [-0.39, 0.29) is 22.0 Å². The van der Waals surface area contributed by atoms with E-state index in [0.717, 1.165) is 55.1 Å². The smallest absolute Gasteiger partial charge is 0.253 e. The molecule has 6 nitrogen and oxygen atoms in total. The molecule has 0 saturated heterocycles. The van der Waals surface area contributed by atoms with Crippen LogP contribution >= 0.6 is 0 Å². The van der Waals surface area contributed by atoms with E-state index in [1.807, 2.05) is 13.8 Å². The number of hydrogen-bond acceptors (Lipinski definition) is 3. The molecule has 3 aliphatic carbocycles. The van der Waals surface area contributed by atoms with Crippen molar-refractivity contribution in [1.82, 2.24) is 14.6 Å². The summed E-state index contributed by atoms with van der Waals surface area (Å²) < 4.78 is 24.6. The molecule has 230 valence electrons. The van der Waals surface area contributed by atoms with Gasteiger partial charge in [-0.15, -0.1) is 0 Å². The van der Waals surface area contributed by atoms with Crippen molar-refractivity contribution in [3.8, 4) is 17.0 Å². The summed E-state index contributed by atoms with van der Waals surface area (Å²) in [6.07, 6.45) is 12.0. The fraction of sp³-hybridized carbons (Fsp3) is 0.686. The van der Waals surface area contributed by atoms with Crippen molar-refractivity contribution >= 4 is 16.9 Å². The third-order valence-corrected chi connectivity index (χ3v) is 11.9. The lowest BCUT2D eigenvalue weighted by molar-refractivity contribution is 0.0944. The van der Waals surface area contributed by atoms with Gasteiger partial charge in [0.15, 0.2) is 0 Å². The summed E-state index contributed by atoms with van der Waals surface area (Å²) in [6.45, 7) is 15.1. The highest BCUT2D eigenvalue weighted by molar-refractivity contribution is 7.84. The molecule has 42 heavy (non-hydrogen) atoms. The zero-order valence-electron chi connectivity index (χ0n) is 26.7. The highest BCUT2D eigenvalue weighted by atomic mass is 32.2. The summed E-state index contributed by atoms with van der Waals surface area (Å²) in [6, 6.07) is 6.87. The topological polar surface area (TPSA) is 72.4 Å². The Bertz CT molecular complexity index is 1350. The third-order valence-electron chi connectivity index (χ3n) is 10.1. The number of benzene rings is 1. The SMILES string of the molecule is Cc1c(C(=O)NCC(C)(C)NS(=O)C2CC2)cc(-c2cc(C(C)(C)C)c3c(c2)C2(CCO3)CC2)n1CC1CCCCC1. The second kappa shape index (κ2) is 11.1. The van der Waals surface area contributed by atoms with Gasteiger partial charge in [0.25, 0.3) is 5.91 Å². The summed E-state index contributed by atoms with van der Waals surface area (Å²) in [5, 5.41) is 3.44. The molecule has 1 unspecified atom stereocenters. The maximum Gasteiger partial charge on any atom is 0.253 e. The molecule has 2 aromatic rings. The molecular weight excluding hydrogens is 542 g/mol. The van der Waals surface area contributed by atoms with Crippen LogP contribution in [0, 0.1) is 12.8 Å². The fourth-order valence-electron chi connectivity index (χ4n) is 7.08. The van der Waals surface area contributed by atoms with Crippen LogP contribution in [0.4, 0.5) is 0 Å². The molecule has 4 aliphatic rings. The number of ether oxygens (including phenoxy) is 1. The van der Waals surface area contributed by atoms with Crippen molar-refractivity contribution in [3.05, 3.63) is 40.6 Å². The van der Waals surface area contributed by atoms with Crippen molar-refractivity contribution in [3.63, 3.8) is 0 Å². The summed E-state index contributed by atoms with van der Waals surface area (Å²) in [5.41, 5.74) is 6.53. The van der Waals surface area contributed by atoms with Crippen LogP contribution in [0.1, 0.15) is 126 Å². The van der Waals surface area contributed by atoms with Crippen LogP contribution in [0.2, 0.25) is 0 Å². The molecule has 2 heterocycles. The number of carbonyl (C=O) groups excluding carboxylic acids is 1. The summed E-state index contributed by atoms with van der Waals surface area (Å²) in [5.74, 6) is 1.69. The Morgan fingerprint density at radius 3 is 2.38 bits per heavy atom. The first kappa shape index (κ1) is 29.9. The maximum absolute atomic E-state index is 13.8. The normalized spacial score (nSPS) is 21.1. The zero-order valence-corrected chi connectivity index (χ0v) is 27.5. The molecule has 3 saturated carbocycles. The second-order valence-electron chi connectivity index (χ2n) is 15.3. The van der Waals surface area contributed by atoms with Gasteiger partial charge in [-0.1, -0.05) is 40.0 Å². The largest absolute Gasteiger partial charge is 0.493 e. The third kappa shape index (κ3) is 6.10. The molecule has 1 atom stereocenters. The van der Waals surface area contributed by atoms with E-state index in [4.69, 9.17) is 4.74 Å². The van der Waals surface area contributed by atoms with Crippen LogP contribution in [0.25, 0.3) is 11.3 Å². The fourth-order valence-corrected chi connectivity index (χ4v) is 8.43. The number of fused-ring (bicyclic) bond motifs is 2. The Morgan fingerprint density at radius 2 is 1.74 bits per heavy atom. The highest BCUT2D eigenvalue weighted by Crippen LogP contribution is 2.58. The standard InChI is InChI=1S/C35H51N3O3S/c1-23-27(32(39)36-22-34(5,6)37-42(40)26-12-13-26)20-30(38(23)21-24-10-8-7-9-11-24)25-18-28(33(2,3)4)31-29(19-25)35(14-15-35)16-17-41-31/h18-20,24,26,37H,7-17,21-22H2,1-6H3,(H,36,39). The van der Waals surface area contributed by atoms with E-state index in [9.17, 15) is 9.00 Å². The van der Waals surface area contributed by atoms with E-state index in [0.29, 0.717) is 12.5 Å². The second-order valence-corrected chi connectivity index (χ2v) is 16.8. The predicted octanol–water partition coefficient (Wildman–Crippen LogP) is 7.08. The minimum Gasteiger partial charge on any atom is -0.493 e. The van der Waals surface area contributed by atoms with Crippen LogP contribution in [0.3, 0.4) is 0 Å². The average Bonchev–Trinajstić information content (AvgIpc) is 3.87. The maximum atomic E-state index is 13.8. The lowest BCUT2D eigenvalue weighted by atomic mass is 9.79. The number of carbonyl (C=O) groups is 1. The predicted molar refractivity (Wildman–Crippen MR) is 172 cm³/mol. The van der Waals surface area contributed by atoms with Crippen molar-refractivity contribution in [2.24, 2.45) is 5.92 Å². The zero-order chi connectivity index (χ0) is 29.9. The number of nitrogens with zero attached hydrogens (tertiary/aromatic N) is 1. The Balaban J connectivity index is 1.36. The number of nitrogens with one attached hydrogen (secondary N) is 2. The Kier molecular flexibility index (Phi) is 7.91. The molecular formula is C35H51N3O3S. The number of amides is 1. The molecule has 7 heteroatoms. The van der Waals surface area contributed by atoms with Crippen molar-refractivity contribution < 1.29 is 13.7 Å². The molecule has 1 aliphatic heterocycles. The van der Waals surface area contributed by atoms with Gasteiger partial charge in [-0.25, -0.2) is 8.93 Å². The first-order valence-corrected chi connectivity index (χ1v) is 17.6. The average molecular weight is 594 g/mol. The Hall–Kier alpha value is -2.12. The van der Waals surface area contributed by atoms with Crippen LogP contribution in [0.15, 0.2) is 18.2 Å².